The molecule has 34 heavy (non-hydrogen) atoms. The predicted octanol–water partition coefficient (Wildman–Crippen LogP) is 4.35. The lowest BCUT2D eigenvalue weighted by molar-refractivity contribution is -0.235. The molecule has 2 saturated carbocycles. The quantitative estimate of drug-likeness (QED) is 0.579. The van der Waals surface area contributed by atoms with Gasteiger partial charge in [0, 0.05) is 55.8 Å². The molecule has 1 amide bonds. The molecule has 0 bridgehead atoms. The minimum atomic E-state index is 0.0430. The number of carbonyl (C=O) groups excluding carboxylic acids is 1. The highest BCUT2D eigenvalue weighted by Crippen LogP contribution is 2.72. The molecule has 2 aliphatic heterocycles. The number of methoxy groups -OCH3 is 1. The summed E-state index contributed by atoms with van der Waals surface area (Å²) in [6.45, 7) is 5.04. The monoisotopic (exact) mass is 457 g/mol. The van der Waals surface area contributed by atoms with E-state index in [2.05, 4.69) is 52.8 Å². The highest BCUT2D eigenvalue weighted by Gasteiger charge is 2.80. The van der Waals surface area contributed by atoms with Crippen LogP contribution in [-0.2, 0) is 0 Å². The topological polar surface area (TPSA) is 36.0 Å². The van der Waals surface area contributed by atoms with E-state index in [9.17, 15) is 4.79 Å². The zero-order valence-electron chi connectivity index (χ0n) is 20.5. The molecule has 2 saturated heterocycles. The average molecular weight is 458 g/mol. The Labute approximate surface area is 203 Å². The summed E-state index contributed by atoms with van der Waals surface area (Å²) in [6.07, 6.45) is 7.21. The third-order valence-corrected chi connectivity index (χ3v) is 9.18. The van der Waals surface area contributed by atoms with Gasteiger partial charge in [0.2, 0.25) is 0 Å². The summed E-state index contributed by atoms with van der Waals surface area (Å²) in [5, 5.41) is 0. The van der Waals surface area contributed by atoms with Gasteiger partial charge in [0.1, 0.15) is 5.75 Å². The Kier molecular flexibility index (Phi) is 5.12. The van der Waals surface area contributed by atoms with E-state index < -0.39 is 0 Å². The van der Waals surface area contributed by atoms with Crippen LogP contribution in [0.15, 0.2) is 61.2 Å². The molecule has 0 radical (unpaired) electrons. The molecule has 178 valence electrons. The van der Waals surface area contributed by atoms with Crippen LogP contribution in [0.4, 0.5) is 0 Å². The standard InChI is InChI=1S/C29H35N3O2/c1-5-17-31-23-13-15-25-29(23)24(31)14-16-26(29)32(25)27(21-7-6-8-22(18-21)34-4)19-9-11-20(12-10-19)28(33)30(2)3/h5-12,18,23-27H,1,13-17H2,2-4H3. The summed E-state index contributed by atoms with van der Waals surface area (Å²) in [5.74, 6) is 0.938. The van der Waals surface area contributed by atoms with Crippen molar-refractivity contribution in [3.8, 4) is 5.75 Å². The van der Waals surface area contributed by atoms with Crippen molar-refractivity contribution >= 4 is 5.91 Å². The maximum atomic E-state index is 12.5. The molecule has 4 fully saturated rings. The van der Waals surface area contributed by atoms with Gasteiger partial charge in [-0.3, -0.25) is 14.6 Å². The second-order valence-electron chi connectivity index (χ2n) is 10.7. The van der Waals surface area contributed by atoms with Gasteiger partial charge in [-0.1, -0.05) is 30.3 Å². The van der Waals surface area contributed by atoms with Crippen molar-refractivity contribution in [3.05, 3.63) is 77.9 Å². The van der Waals surface area contributed by atoms with Gasteiger partial charge >= 0.3 is 0 Å². The van der Waals surface area contributed by atoms with Gasteiger partial charge in [0.05, 0.1) is 13.2 Å². The van der Waals surface area contributed by atoms with Crippen LogP contribution in [0.2, 0.25) is 0 Å². The smallest absolute Gasteiger partial charge is 0.253 e. The molecule has 5 unspecified atom stereocenters. The third kappa shape index (κ3) is 2.77. The first kappa shape index (κ1) is 21.9. The first-order chi connectivity index (χ1) is 16.5. The lowest BCUT2D eigenvalue weighted by Gasteiger charge is -2.72. The number of nitrogens with zero attached hydrogens (tertiary/aromatic N) is 3. The highest BCUT2D eigenvalue weighted by atomic mass is 16.5. The minimum absolute atomic E-state index is 0.0430. The number of ether oxygens (including phenoxy) is 1. The molecule has 2 heterocycles. The summed E-state index contributed by atoms with van der Waals surface area (Å²) in [7, 11) is 5.34. The molecule has 5 atom stereocenters. The van der Waals surface area contributed by atoms with Crippen molar-refractivity contribution in [3.63, 3.8) is 0 Å². The molecule has 4 aliphatic rings. The maximum Gasteiger partial charge on any atom is 0.253 e. The second-order valence-corrected chi connectivity index (χ2v) is 10.7. The van der Waals surface area contributed by atoms with Crippen molar-refractivity contribution in [1.29, 1.82) is 0 Å². The number of amides is 1. The normalized spacial score (nSPS) is 32.2. The predicted molar refractivity (Wildman–Crippen MR) is 134 cm³/mol. The second kappa shape index (κ2) is 7.96. The first-order valence-corrected chi connectivity index (χ1v) is 12.6. The van der Waals surface area contributed by atoms with Crippen molar-refractivity contribution in [2.24, 2.45) is 5.41 Å². The van der Waals surface area contributed by atoms with Crippen LogP contribution in [0.3, 0.4) is 0 Å². The van der Waals surface area contributed by atoms with E-state index >= 15 is 0 Å². The van der Waals surface area contributed by atoms with Gasteiger partial charge in [0.25, 0.3) is 5.91 Å². The largest absolute Gasteiger partial charge is 0.497 e. The molecule has 5 heteroatoms. The van der Waals surface area contributed by atoms with E-state index in [-0.39, 0.29) is 11.9 Å². The van der Waals surface area contributed by atoms with E-state index in [4.69, 9.17) is 4.74 Å². The SMILES string of the molecule is C=CCN1C2CCC3N(C(c4ccc(C(=O)N(C)C)cc4)c4cccc(OC)c4)C4CCC1C234. The number of benzene rings is 2. The van der Waals surface area contributed by atoms with Crippen molar-refractivity contribution < 1.29 is 9.53 Å². The molecule has 1 spiro atoms. The van der Waals surface area contributed by atoms with E-state index in [1.54, 1.807) is 26.1 Å². The van der Waals surface area contributed by atoms with Gasteiger partial charge in [-0.25, -0.2) is 0 Å². The van der Waals surface area contributed by atoms with E-state index in [1.165, 1.54) is 36.8 Å². The molecule has 0 N–H and O–H groups in total. The van der Waals surface area contributed by atoms with Gasteiger partial charge in [-0.05, 0) is 61.1 Å². The maximum absolute atomic E-state index is 12.5. The van der Waals surface area contributed by atoms with Crippen LogP contribution in [0.25, 0.3) is 0 Å². The van der Waals surface area contributed by atoms with Crippen LogP contribution in [0, 0.1) is 5.41 Å². The Morgan fingerprint density at radius 1 is 1.06 bits per heavy atom. The molecule has 2 aromatic carbocycles. The van der Waals surface area contributed by atoms with E-state index in [0.29, 0.717) is 17.5 Å². The summed E-state index contributed by atoms with van der Waals surface area (Å²) in [5.41, 5.74) is 3.74. The van der Waals surface area contributed by atoms with Crippen LogP contribution >= 0.6 is 0 Å². The number of hydrogen-bond acceptors (Lipinski definition) is 4. The molecule has 0 aromatic heterocycles. The van der Waals surface area contributed by atoms with Crippen molar-refractivity contribution in [1.82, 2.24) is 14.7 Å². The van der Waals surface area contributed by atoms with Crippen LogP contribution in [0.1, 0.15) is 53.2 Å². The first-order valence-electron chi connectivity index (χ1n) is 12.6. The highest BCUT2D eigenvalue weighted by molar-refractivity contribution is 5.93. The number of hydrogen-bond donors (Lipinski definition) is 0. The van der Waals surface area contributed by atoms with E-state index in [0.717, 1.165) is 29.9 Å². The fourth-order valence-electron chi connectivity index (χ4n) is 8.13. The average Bonchev–Trinajstić information content (AvgIpc) is 3.31. The van der Waals surface area contributed by atoms with Gasteiger partial charge < -0.3 is 9.64 Å². The zero-order valence-corrected chi connectivity index (χ0v) is 20.5. The molecule has 5 nitrogen and oxygen atoms in total. The van der Waals surface area contributed by atoms with Gasteiger partial charge in [-0.15, -0.1) is 6.58 Å². The van der Waals surface area contributed by atoms with Crippen LogP contribution in [0.5, 0.6) is 5.75 Å². The Bertz CT molecular complexity index is 1080. The number of rotatable bonds is 7. The molecule has 2 aromatic rings. The zero-order chi connectivity index (χ0) is 23.6. The fourth-order valence-corrected chi connectivity index (χ4v) is 8.13. The molecular weight excluding hydrogens is 422 g/mol. The Morgan fingerprint density at radius 3 is 2.29 bits per heavy atom. The third-order valence-electron chi connectivity index (χ3n) is 9.18. The Hall–Kier alpha value is -2.63. The summed E-state index contributed by atoms with van der Waals surface area (Å²) in [4.78, 5) is 19.7. The summed E-state index contributed by atoms with van der Waals surface area (Å²) >= 11 is 0. The van der Waals surface area contributed by atoms with Crippen molar-refractivity contribution in [2.45, 2.75) is 55.9 Å². The minimum Gasteiger partial charge on any atom is -0.497 e. The Morgan fingerprint density at radius 2 is 1.71 bits per heavy atom. The fraction of sp³-hybridized carbons (Fsp3) is 0.483. The lowest BCUT2D eigenvalue weighted by atomic mass is 9.56. The number of likely N-dealkylation sites (tertiary alicyclic amines) is 2. The van der Waals surface area contributed by atoms with Crippen molar-refractivity contribution in [2.75, 3.05) is 27.7 Å². The molecule has 6 rings (SSSR count). The van der Waals surface area contributed by atoms with Gasteiger partial charge in [0.15, 0.2) is 0 Å². The van der Waals surface area contributed by atoms with Crippen LogP contribution in [-0.4, -0.2) is 72.5 Å². The van der Waals surface area contributed by atoms with E-state index in [1.807, 2.05) is 18.2 Å². The number of carbonyl (C=O) groups is 1. The summed E-state index contributed by atoms with van der Waals surface area (Å²) < 4.78 is 5.60. The Balaban J connectivity index is 1.38. The molecular formula is C29H35N3O2. The summed E-state index contributed by atoms with van der Waals surface area (Å²) in [6, 6.07) is 19.7. The molecule has 2 aliphatic carbocycles. The van der Waals surface area contributed by atoms with Gasteiger partial charge in [-0.2, -0.15) is 0 Å². The lowest BCUT2D eigenvalue weighted by Crippen LogP contribution is -2.83. The van der Waals surface area contributed by atoms with Crippen LogP contribution < -0.4 is 4.74 Å².